The van der Waals surface area contributed by atoms with E-state index in [4.69, 9.17) is 0 Å². The highest BCUT2D eigenvalue weighted by molar-refractivity contribution is 5.07. The van der Waals surface area contributed by atoms with E-state index in [9.17, 15) is 0 Å². The molecular formula is C21H43N. The summed E-state index contributed by atoms with van der Waals surface area (Å²) in [5, 5.41) is 0. The van der Waals surface area contributed by atoms with E-state index in [-0.39, 0.29) is 0 Å². The number of hydrogen-bond acceptors (Lipinski definition) is 1. The van der Waals surface area contributed by atoms with Crippen LogP contribution in [0.5, 0.6) is 0 Å². The van der Waals surface area contributed by atoms with Crippen molar-refractivity contribution in [3.8, 4) is 0 Å². The minimum atomic E-state index is 0.675. The Labute approximate surface area is 141 Å². The van der Waals surface area contributed by atoms with Gasteiger partial charge in [0.1, 0.15) is 0 Å². The molecule has 132 valence electrons. The van der Waals surface area contributed by atoms with Crippen molar-refractivity contribution < 1.29 is 0 Å². The van der Waals surface area contributed by atoms with Crippen LogP contribution in [0.25, 0.3) is 0 Å². The molecule has 0 aromatic rings. The summed E-state index contributed by atoms with van der Waals surface area (Å²) in [6.07, 6.45) is 17.6. The summed E-state index contributed by atoms with van der Waals surface area (Å²) in [5.74, 6) is 0. The van der Waals surface area contributed by atoms with Crippen LogP contribution in [0.1, 0.15) is 105 Å². The molecule has 0 aromatic heterocycles. The summed E-state index contributed by atoms with van der Waals surface area (Å²) in [5.41, 5.74) is 1.70. The van der Waals surface area contributed by atoms with E-state index >= 15 is 0 Å². The number of likely N-dealkylation sites (N-methyl/N-ethyl adjacent to an activating group) is 1. The highest BCUT2D eigenvalue weighted by Gasteiger charge is 2.13. The van der Waals surface area contributed by atoms with E-state index in [0.717, 1.165) is 0 Å². The summed E-state index contributed by atoms with van der Waals surface area (Å²) < 4.78 is 0. The van der Waals surface area contributed by atoms with Crippen LogP contribution in [0.4, 0.5) is 0 Å². The maximum atomic E-state index is 2.65. The van der Waals surface area contributed by atoms with Gasteiger partial charge < -0.3 is 0 Å². The summed E-state index contributed by atoms with van der Waals surface area (Å²) in [6.45, 7) is 13.9. The molecule has 0 saturated carbocycles. The Morgan fingerprint density at radius 3 is 1.77 bits per heavy atom. The van der Waals surface area contributed by atoms with Gasteiger partial charge >= 0.3 is 0 Å². The first kappa shape index (κ1) is 21.7. The zero-order valence-electron chi connectivity index (χ0n) is 16.3. The monoisotopic (exact) mass is 309 g/mol. The summed E-state index contributed by atoms with van der Waals surface area (Å²) in [6, 6.07) is 0.675. The third-order valence-electron chi connectivity index (χ3n) is 4.71. The lowest BCUT2D eigenvalue weighted by Gasteiger charge is -2.28. The van der Waals surface area contributed by atoms with Crippen LogP contribution < -0.4 is 0 Å². The van der Waals surface area contributed by atoms with Crippen LogP contribution in [0, 0.1) is 0 Å². The Morgan fingerprint density at radius 1 is 0.727 bits per heavy atom. The molecule has 0 heterocycles. The van der Waals surface area contributed by atoms with Gasteiger partial charge in [-0.05, 0) is 32.4 Å². The molecule has 0 aromatic carbocycles. The van der Waals surface area contributed by atoms with Crippen molar-refractivity contribution >= 4 is 0 Å². The van der Waals surface area contributed by atoms with E-state index in [2.05, 4.69) is 45.6 Å². The normalized spacial score (nSPS) is 12.6. The van der Waals surface area contributed by atoms with E-state index < -0.39 is 0 Å². The van der Waals surface area contributed by atoms with E-state index in [1.54, 1.807) is 5.57 Å². The maximum Gasteiger partial charge on any atom is 0.0280 e. The summed E-state index contributed by atoms with van der Waals surface area (Å²) in [7, 11) is 0. The second-order valence-corrected chi connectivity index (χ2v) is 6.67. The SMILES string of the molecule is CCCCCCCCC(C=C(CCC)CCC)N(CC)CC. The highest BCUT2D eigenvalue weighted by atomic mass is 15.1. The molecule has 0 bridgehead atoms. The second-order valence-electron chi connectivity index (χ2n) is 6.67. The predicted molar refractivity (Wildman–Crippen MR) is 103 cm³/mol. The fourth-order valence-corrected chi connectivity index (χ4v) is 3.40. The van der Waals surface area contributed by atoms with Crippen molar-refractivity contribution in [3.05, 3.63) is 11.6 Å². The zero-order chi connectivity index (χ0) is 16.6. The lowest BCUT2D eigenvalue weighted by Crippen LogP contribution is -2.34. The van der Waals surface area contributed by atoms with Gasteiger partial charge in [-0.25, -0.2) is 0 Å². The van der Waals surface area contributed by atoms with Crippen molar-refractivity contribution in [2.45, 2.75) is 111 Å². The van der Waals surface area contributed by atoms with Gasteiger partial charge in [0.05, 0.1) is 0 Å². The van der Waals surface area contributed by atoms with Gasteiger partial charge in [-0.1, -0.05) is 97.6 Å². The van der Waals surface area contributed by atoms with Crippen molar-refractivity contribution in [1.29, 1.82) is 0 Å². The summed E-state index contributed by atoms with van der Waals surface area (Å²) >= 11 is 0. The topological polar surface area (TPSA) is 3.24 Å². The van der Waals surface area contributed by atoms with Gasteiger partial charge in [0.25, 0.3) is 0 Å². The molecule has 0 amide bonds. The highest BCUT2D eigenvalue weighted by Crippen LogP contribution is 2.19. The van der Waals surface area contributed by atoms with Gasteiger partial charge in [-0.3, -0.25) is 4.90 Å². The number of rotatable bonds is 15. The van der Waals surface area contributed by atoms with E-state index in [0.29, 0.717) is 6.04 Å². The van der Waals surface area contributed by atoms with E-state index in [1.165, 1.54) is 83.7 Å². The smallest absolute Gasteiger partial charge is 0.0280 e. The Hall–Kier alpha value is -0.300. The molecule has 0 radical (unpaired) electrons. The molecular weight excluding hydrogens is 266 g/mol. The minimum absolute atomic E-state index is 0.675. The molecule has 1 atom stereocenters. The largest absolute Gasteiger partial charge is 0.297 e. The summed E-state index contributed by atoms with van der Waals surface area (Å²) in [4.78, 5) is 2.65. The molecule has 0 aliphatic rings. The van der Waals surface area contributed by atoms with Crippen LogP contribution in [-0.4, -0.2) is 24.0 Å². The van der Waals surface area contributed by atoms with E-state index in [1.807, 2.05) is 0 Å². The van der Waals surface area contributed by atoms with Crippen LogP contribution in [-0.2, 0) is 0 Å². The Bertz CT molecular complexity index is 245. The van der Waals surface area contributed by atoms with Gasteiger partial charge in [-0.15, -0.1) is 0 Å². The van der Waals surface area contributed by atoms with Crippen LogP contribution in [0.3, 0.4) is 0 Å². The predicted octanol–water partition coefficient (Wildman–Crippen LogP) is 6.97. The molecule has 1 nitrogen and oxygen atoms in total. The average molecular weight is 310 g/mol. The van der Waals surface area contributed by atoms with Gasteiger partial charge in [0, 0.05) is 6.04 Å². The lowest BCUT2D eigenvalue weighted by molar-refractivity contribution is 0.238. The van der Waals surface area contributed by atoms with Crippen molar-refractivity contribution in [2.75, 3.05) is 13.1 Å². The zero-order valence-corrected chi connectivity index (χ0v) is 16.3. The number of hydrogen-bond donors (Lipinski definition) is 0. The average Bonchev–Trinajstić information content (AvgIpc) is 2.52. The lowest BCUT2D eigenvalue weighted by atomic mass is 9.98. The number of allylic oxidation sites excluding steroid dienone is 1. The standard InChI is InChI=1S/C21H43N/c1-6-11-12-13-14-15-18-21(22(9-4)10-5)19-20(16-7-2)17-8-3/h19,21H,6-18H2,1-5H3. The van der Waals surface area contributed by atoms with Gasteiger partial charge in [0.15, 0.2) is 0 Å². The molecule has 0 N–H and O–H groups in total. The molecule has 0 saturated heterocycles. The van der Waals surface area contributed by atoms with Crippen molar-refractivity contribution in [1.82, 2.24) is 4.90 Å². The molecule has 22 heavy (non-hydrogen) atoms. The fourth-order valence-electron chi connectivity index (χ4n) is 3.40. The molecule has 1 heteroatoms. The van der Waals surface area contributed by atoms with Gasteiger partial charge in [-0.2, -0.15) is 0 Å². The quantitative estimate of drug-likeness (QED) is 0.233. The van der Waals surface area contributed by atoms with Gasteiger partial charge in [0.2, 0.25) is 0 Å². The molecule has 0 fully saturated rings. The first-order chi connectivity index (χ1) is 10.7. The first-order valence-electron chi connectivity index (χ1n) is 10.2. The molecule has 0 aliphatic heterocycles. The number of unbranched alkanes of at least 4 members (excludes halogenated alkanes) is 5. The molecule has 0 rings (SSSR count). The third kappa shape index (κ3) is 10.4. The number of nitrogens with zero attached hydrogens (tertiary/aromatic N) is 1. The Balaban J connectivity index is 4.50. The molecule has 1 unspecified atom stereocenters. The fraction of sp³-hybridized carbons (Fsp3) is 0.905. The Kier molecular flexibility index (Phi) is 15.4. The second kappa shape index (κ2) is 15.6. The van der Waals surface area contributed by atoms with Crippen molar-refractivity contribution in [2.24, 2.45) is 0 Å². The maximum absolute atomic E-state index is 2.65. The minimum Gasteiger partial charge on any atom is -0.297 e. The van der Waals surface area contributed by atoms with Crippen LogP contribution in [0.15, 0.2) is 11.6 Å². The molecule has 0 aliphatic carbocycles. The van der Waals surface area contributed by atoms with Crippen LogP contribution >= 0.6 is 0 Å². The van der Waals surface area contributed by atoms with Crippen LogP contribution in [0.2, 0.25) is 0 Å². The third-order valence-corrected chi connectivity index (χ3v) is 4.71. The molecule has 0 spiro atoms. The Morgan fingerprint density at radius 2 is 1.27 bits per heavy atom. The first-order valence-corrected chi connectivity index (χ1v) is 10.2. The van der Waals surface area contributed by atoms with Crippen molar-refractivity contribution in [3.63, 3.8) is 0 Å².